The van der Waals surface area contributed by atoms with Crippen LogP contribution < -0.4 is 20.5 Å². The molecule has 2 amide bonds. The van der Waals surface area contributed by atoms with E-state index in [9.17, 15) is 22.8 Å². The van der Waals surface area contributed by atoms with Crippen LogP contribution in [0.1, 0.15) is 70.2 Å². The fraction of sp³-hybridized carbons (Fsp3) is 0.500. The molecule has 1 aromatic heterocycles. The lowest BCUT2D eigenvalue weighted by Gasteiger charge is -2.38. The highest BCUT2D eigenvalue weighted by Gasteiger charge is 2.53. The third kappa shape index (κ3) is 7.40. The number of fused-ring (bicyclic) bond motifs is 1. The van der Waals surface area contributed by atoms with Crippen LogP contribution in [0.15, 0.2) is 47.6 Å². The van der Waals surface area contributed by atoms with Gasteiger partial charge in [0.2, 0.25) is 17.7 Å². The van der Waals surface area contributed by atoms with Gasteiger partial charge in [0.05, 0.1) is 31.2 Å². The first kappa shape index (κ1) is 32.6. The monoisotopic (exact) mass is 619 g/mol. The highest BCUT2D eigenvalue weighted by Crippen LogP contribution is 2.51. The number of nitrogens with two attached hydrogens (primary N) is 1. The Hall–Kier alpha value is -4.36. The standard InChI is InChI=1S/C28H35N5O4.C2HF3O2/c1-27(2)14-23(34)33(26(29)32-27)24(16-10-11-22(36-5)30-15-16)18-12-19(18)25(35)31-20-13-28(3,4)37-21-9-7-6-8-17(20)21;3-2(4,5)1(6)7/h6-11,15,18-20,24H,12-14H2,1-5H3,(H2,29,32)(H,31,35);(H,6,7)/t18-,19-,20+,24?;/m1./s1. The molecule has 1 unspecified atom stereocenters. The molecule has 1 aromatic carbocycles. The number of hydrogen-bond donors (Lipinski definition) is 3. The van der Waals surface area contributed by atoms with Crippen molar-refractivity contribution < 1.29 is 42.1 Å². The topological polar surface area (TPSA) is 156 Å². The number of aliphatic imine (C=N–C) groups is 1. The maximum Gasteiger partial charge on any atom is 0.490 e. The van der Waals surface area contributed by atoms with Crippen molar-refractivity contribution >= 4 is 23.7 Å². The van der Waals surface area contributed by atoms with Crippen molar-refractivity contribution in [2.75, 3.05) is 7.11 Å². The fourth-order valence-corrected chi connectivity index (χ4v) is 5.63. The van der Waals surface area contributed by atoms with Gasteiger partial charge in [0.15, 0.2) is 5.96 Å². The van der Waals surface area contributed by atoms with Crippen LogP contribution in [0.25, 0.3) is 0 Å². The molecule has 4 atom stereocenters. The summed E-state index contributed by atoms with van der Waals surface area (Å²) >= 11 is 0. The number of aliphatic carboxylic acids is 1. The highest BCUT2D eigenvalue weighted by molar-refractivity contribution is 5.99. The predicted molar refractivity (Wildman–Crippen MR) is 153 cm³/mol. The van der Waals surface area contributed by atoms with Gasteiger partial charge in [-0.3, -0.25) is 14.5 Å². The summed E-state index contributed by atoms with van der Waals surface area (Å²) in [6.45, 7) is 7.83. The van der Waals surface area contributed by atoms with Gasteiger partial charge in [0, 0.05) is 30.2 Å². The number of pyridine rings is 1. The number of hydrogen-bond acceptors (Lipinski definition) is 8. The van der Waals surface area contributed by atoms with Gasteiger partial charge in [-0.1, -0.05) is 24.3 Å². The first-order valence-corrected chi connectivity index (χ1v) is 14.0. The van der Waals surface area contributed by atoms with Crippen molar-refractivity contribution in [3.63, 3.8) is 0 Å². The normalized spacial score (nSPS) is 23.9. The smallest absolute Gasteiger partial charge is 0.487 e. The van der Waals surface area contributed by atoms with Crippen LogP contribution in [0.3, 0.4) is 0 Å². The van der Waals surface area contributed by atoms with E-state index in [0.29, 0.717) is 18.7 Å². The zero-order valence-electron chi connectivity index (χ0n) is 25.0. The summed E-state index contributed by atoms with van der Waals surface area (Å²) in [4.78, 5) is 46.2. The SMILES string of the molecule is COc1ccc(C([C@@H]2C[C@H]2C(=O)N[C@H]2CC(C)(C)Oc3ccccc32)N2C(=O)CC(C)(C)N=C2N)cn1.O=C(O)C(F)(F)F. The summed E-state index contributed by atoms with van der Waals surface area (Å²) in [7, 11) is 1.55. The number of aromatic nitrogens is 1. The molecule has 0 saturated heterocycles. The number of carbonyl (C=O) groups is 3. The number of rotatable bonds is 6. The van der Waals surface area contributed by atoms with Crippen LogP contribution >= 0.6 is 0 Å². The number of halogens is 3. The molecule has 5 rings (SSSR count). The van der Waals surface area contributed by atoms with Crippen molar-refractivity contribution in [3.05, 3.63) is 53.7 Å². The number of nitrogens with zero attached hydrogens (tertiary/aromatic N) is 3. The number of carboxylic acid groups (broad SMARTS) is 1. The van der Waals surface area contributed by atoms with Crippen molar-refractivity contribution in [2.24, 2.45) is 22.6 Å². The Morgan fingerprint density at radius 2 is 1.84 bits per heavy atom. The lowest BCUT2D eigenvalue weighted by molar-refractivity contribution is -0.192. The van der Waals surface area contributed by atoms with Crippen LogP contribution in [0.2, 0.25) is 0 Å². The van der Waals surface area contributed by atoms with Crippen LogP contribution in [-0.2, 0) is 14.4 Å². The predicted octanol–water partition coefficient (Wildman–Crippen LogP) is 4.14. The molecule has 2 aliphatic heterocycles. The number of ether oxygens (including phenoxy) is 2. The lowest BCUT2D eigenvalue weighted by Crippen LogP contribution is -2.52. The van der Waals surface area contributed by atoms with Crippen LogP contribution in [0.5, 0.6) is 11.6 Å². The zero-order valence-corrected chi connectivity index (χ0v) is 25.0. The van der Waals surface area contributed by atoms with E-state index in [1.807, 2.05) is 58.0 Å². The van der Waals surface area contributed by atoms with E-state index in [1.165, 1.54) is 0 Å². The van der Waals surface area contributed by atoms with Gasteiger partial charge in [-0.2, -0.15) is 13.2 Å². The van der Waals surface area contributed by atoms with Gasteiger partial charge in [-0.05, 0) is 51.7 Å². The second-order valence-corrected chi connectivity index (χ2v) is 12.3. The van der Waals surface area contributed by atoms with Gasteiger partial charge < -0.3 is 25.6 Å². The number of para-hydroxylation sites is 1. The molecule has 238 valence electrons. The molecule has 1 aliphatic carbocycles. The minimum absolute atomic E-state index is 0.0331. The summed E-state index contributed by atoms with van der Waals surface area (Å²) in [5.41, 5.74) is 7.17. The number of guanidine groups is 1. The average molecular weight is 620 g/mol. The maximum absolute atomic E-state index is 13.5. The Morgan fingerprint density at radius 3 is 2.41 bits per heavy atom. The van der Waals surface area contributed by atoms with E-state index in [2.05, 4.69) is 15.3 Å². The van der Waals surface area contributed by atoms with Gasteiger partial charge >= 0.3 is 12.1 Å². The second kappa shape index (κ2) is 12.0. The third-order valence-electron chi connectivity index (χ3n) is 7.62. The van der Waals surface area contributed by atoms with Crippen LogP contribution in [0.4, 0.5) is 13.2 Å². The third-order valence-corrected chi connectivity index (χ3v) is 7.62. The molecule has 4 N–H and O–H groups in total. The molecule has 1 saturated carbocycles. The quantitative estimate of drug-likeness (QED) is 0.436. The molecule has 0 bridgehead atoms. The van der Waals surface area contributed by atoms with Gasteiger partial charge in [0.1, 0.15) is 11.4 Å². The van der Waals surface area contributed by atoms with E-state index in [-0.39, 0.29) is 42.1 Å². The molecule has 2 aromatic rings. The molecule has 11 nitrogen and oxygen atoms in total. The molecule has 0 spiro atoms. The van der Waals surface area contributed by atoms with Gasteiger partial charge in [-0.25, -0.2) is 14.8 Å². The van der Waals surface area contributed by atoms with E-state index < -0.39 is 29.3 Å². The second-order valence-electron chi connectivity index (χ2n) is 12.3. The van der Waals surface area contributed by atoms with Crippen molar-refractivity contribution in [1.29, 1.82) is 0 Å². The molecule has 14 heteroatoms. The average Bonchev–Trinajstić information content (AvgIpc) is 3.70. The van der Waals surface area contributed by atoms with E-state index >= 15 is 0 Å². The number of carbonyl (C=O) groups excluding carboxylic acids is 2. The maximum atomic E-state index is 13.5. The summed E-state index contributed by atoms with van der Waals surface area (Å²) in [5.74, 6) is -1.83. The number of methoxy groups -OCH3 is 1. The largest absolute Gasteiger partial charge is 0.490 e. The van der Waals surface area contributed by atoms with E-state index in [1.54, 1.807) is 24.3 Å². The molecular weight excluding hydrogens is 583 g/mol. The minimum Gasteiger partial charge on any atom is -0.487 e. The lowest BCUT2D eigenvalue weighted by atomic mass is 9.89. The molecule has 1 fully saturated rings. The highest BCUT2D eigenvalue weighted by atomic mass is 19.4. The molecule has 3 aliphatic rings. The first-order valence-electron chi connectivity index (χ1n) is 14.0. The fourth-order valence-electron chi connectivity index (χ4n) is 5.63. The number of alkyl halides is 3. The molecule has 0 radical (unpaired) electrons. The summed E-state index contributed by atoms with van der Waals surface area (Å²) in [6.07, 6.45) is -1.85. The van der Waals surface area contributed by atoms with Crippen LogP contribution in [0, 0.1) is 11.8 Å². The zero-order chi connectivity index (χ0) is 32.6. The summed E-state index contributed by atoms with van der Waals surface area (Å²) in [5, 5.41) is 10.4. The van der Waals surface area contributed by atoms with Crippen LogP contribution in [-0.4, -0.2) is 63.2 Å². The Kier molecular flexibility index (Phi) is 8.85. The molecular formula is C30H36F3N5O6. The Labute approximate surface area is 252 Å². The Balaban J connectivity index is 0.000000566. The van der Waals surface area contributed by atoms with Crippen molar-refractivity contribution in [2.45, 2.75) is 76.4 Å². The number of nitrogens with one attached hydrogen (secondary N) is 1. The molecule has 44 heavy (non-hydrogen) atoms. The number of benzene rings is 1. The minimum atomic E-state index is -5.08. The Bertz CT molecular complexity index is 1440. The Morgan fingerprint density at radius 1 is 1.18 bits per heavy atom. The number of amides is 2. The van der Waals surface area contributed by atoms with E-state index in [4.69, 9.17) is 25.1 Å². The number of carboxylic acids is 1. The van der Waals surface area contributed by atoms with Gasteiger partial charge in [-0.15, -0.1) is 0 Å². The van der Waals surface area contributed by atoms with E-state index in [0.717, 1.165) is 16.9 Å². The first-order chi connectivity index (χ1) is 20.4. The van der Waals surface area contributed by atoms with Crippen molar-refractivity contribution in [1.82, 2.24) is 15.2 Å². The van der Waals surface area contributed by atoms with Gasteiger partial charge in [0.25, 0.3) is 0 Å². The molecule has 3 heterocycles. The summed E-state index contributed by atoms with van der Waals surface area (Å²) in [6, 6.07) is 10.9. The van der Waals surface area contributed by atoms with Crippen molar-refractivity contribution in [3.8, 4) is 11.6 Å². The summed E-state index contributed by atoms with van der Waals surface area (Å²) < 4.78 is 43.1.